The molecule has 0 spiro atoms. The molecule has 0 amide bonds. The molecule has 90 valence electrons. The summed E-state index contributed by atoms with van der Waals surface area (Å²) in [5, 5.41) is 19.5. The molecule has 1 saturated heterocycles. The number of fused-ring (bicyclic) bond motifs is 1. The monoisotopic (exact) mass is 228 g/mol. The summed E-state index contributed by atoms with van der Waals surface area (Å²) in [4.78, 5) is 11.6. The summed E-state index contributed by atoms with van der Waals surface area (Å²) in [6.07, 6.45) is -0.295. The number of methoxy groups -OCH3 is 1. The number of ether oxygens (including phenoxy) is 2. The number of hydrogen-bond acceptors (Lipinski definition) is 5. The number of hydrogen-bond donors (Lipinski definition) is 2. The fraction of sp³-hybridized carbons (Fsp3) is 0.727. The third-order valence-electron chi connectivity index (χ3n) is 3.46. The van der Waals surface area contributed by atoms with Crippen molar-refractivity contribution in [3.63, 3.8) is 0 Å². The van der Waals surface area contributed by atoms with Gasteiger partial charge in [0.15, 0.2) is 0 Å². The highest BCUT2D eigenvalue weighted by Crippen LogP contribution is 2.43. The SMILES string of the molecule is CO/C=C1/C(=O)O[C@@H](C)[C@@H]2[C@@H](O)[C@@H](O)C[C@H]12. The molecule has 2 N–H and O–H groups in total. The second-order valence-corrected chi connectivity index (χ2v) is 4.40. The number of esters is 1. The number of cyclic esters (lactones) is 1. The van der Waals surface area contributed by atoms with E-state index in [4.69, 9.17) is 9.47 Å². The summed E-state index contributed by atoms with van der Waals surface area (Å²) in [7, 11) is 1.45. The van der Waals surface area contributed by atoms with Gasteiger partial charge in [0.1, 0.15) is 6.10 Å². The zero-order chi connectivity index (χ0) is 11.9. The van der Waals surface area contributed by atoms with E-state index in [1.165, 1.54) is 13.4 Å². The molecule has 1 aliphatic carbocycles. The lowest BCUT2D eigenvalue weighted by molar-refractivity contribution is -0.155. The van der Waals surface area contributed by atoms with Crippen molar-refractivity contribution in [2.75, 3.05) is 7.11 Å². The molecule has 16 heavy (non-hydrogen) atoms. The van der Waals surface area contributed by atoms with Crippen LogP contribution in [-0.2, 0) is 14.3 Å². The molecule has 1 saturated carbocycles. The van der Waals surface area contributed by atoms with Gasteiger partial charge in [-0.15, -0.1) is 0 Å². The van der Waals surface area contributed by atoms with E-state index in [9.17, 15) is 15.0 Å². The van der Waals surface area contributed by atoms with Crippen molar-refractivity contribution in [3.05, 3.63) is 11.8 Å². The van der Waals surface area contributed by atoms with Gasteiger partial charge in [-0.1, -0.05) is 0 Å². The molecule has 0 bridgehead atoms. The average molecular weight is 228 g/mol. The third-order valence-corrected chi connectivity index (χ3v) is 3.46. The van der Waals surface area contributed by atoms with Gasteiger partial charge in [-0.2, -0.15) is 0 Å². The van der Waals surface area contributed by atoms with Crippen molar-refractivity contribution >= 4 is 5.97 Å². The molecule has 1 aliphatic heterocycles. The molecule has 2 aliphatic rings. The molecule has 1 heterocycles. The van der Waals surface area contributed by atoms with Crippen LogP contribution in [-0.4, -0.2) is 41.6 Å². The van der Waals surface area contributed by atoms with Crippen LogP contribution in [0.2, 0.25) is 0 Å². The summed E-state index contributed by atoms with van der Waals surface area (Å²) in [5.74, 6) is -0.841. The summed E-state index contributed by atoms with van der Waals surface area (Å²) >= 11 is 0. The van der Waals surface area contributed by atoms with Crippen LogP contribution in [0.3, 0.4) is 0 Å². The van der Waals surface area contributed by atoms with Gasteiger partial charge in [0.05, 0.1) is 31.2 Å². The smallest absolute Gasteiger partial charge is 0.337 e. The van der Waals surface area contributed by atoms with E-state index in [-0.39, 0.29) is 17.9 Å². The highest BCUT2D eigenvalue weighted by atomic mass is 16.5. The quantitative estimate of drug-likeness (QED) is 0.370. The van der Waals surface area contributed by atoms with Gasteiger partial charge in [-0.05, 0) is 13.3 Å². The molecule has 2 fully saturated rings. The zero-order valence-corrected chi connectivity index (χ0v) is 9.29. The van der Waals surface area contributed by atoms with Crippen LogP contribution in [0.15, 0.2) is 11.8 Å². The normalized spacial score (nSPS) is 45.4. The molecule has 0 aromatic rings. The van der Waals surface area contributed by atoms with E-state index < -0.39 is 18.2 Å². The Bertz CT molecular complexity index is 324. The van der Waals surface area contributed by atoms with Crippen LogP contribution in [0.1, 0.15) is 13.3 Å². The Kier molecular flexibility index (Phi) is 2.90. The third kappa shape index (κ3) is 1.60. The minimum absolute atomic E-state index is 0.179. The summed E-state index contributed by atoms with van der Waals surface area (Å²) in [6, 6.07) is 0. The second kappa shape index (κ2) is 4.07. The van der Waals surface area contributed by atoms with Crippen molar-refractivity contribution in [1.82, 2.24) is 0 Å². The lowest BCUT2D eigenvalue weighted by Gasteiger charge is -2.33. The van der Waals surface area contributed by atoms with Crippen molar-refractivity contribution in [1.29, 1.82) is 0 Å². The van der Waals surface area contributed by atoms with Gasteiger partial charge in [0, 0.05) is 11.8 Å². The van der Waals surface area contributed by atoms with Gasteiger partial charge < -0.3 is 19.7 Å². The first-order valence-corrected chi connectivity index (χ1v) is 5.36. The Balaban J connectivity index is 2.31. The predicted molar refractivity (Wildman–Crippen MR) is 54.3 cm³/mol. The van der Waals surface area contributed by atoms with Crippen LogP contribution in [0, 0.1) is 11.8 Å². The largest absolute Gasteiger partial charge is 0.504 e. The number of carbonyl (C=O) groups excluding carboxylic acids is 1. The molecular formula is C11H16O5. The van der Waals surface area contributed by atoms with Crippen LogP contribution < -0.4 is 0 Å². The van der Waals surface area contributed by atoms with Gasteiger partial charge in [0.2, 0.25) is 0 Å². The number of aliphatic hydroxyl groups is 2. The standard InChI is InChI=1S/C11H16O5/c1-5-9-6(3-8(12)10(9)13)7(4-15-2)11(14)16-5/h4-6,8-10,12-13H,3H2,1-2H3/b7-4+/t5-,6+,8-,9-,10-/m0/s1. The second-order valence-electron chi connectivity index (χ2n) is 4.40. The van der Waals surface area contributed by atoms with E-state index in [2.05, 4.69) is 0 Å². The Morgan fingerprint density at radius 1 is 1.50 bits per heavy atom. The minimum atomic E-state index is -0.839. The maximum absolute atomic E-state index is 11.6. The first kappa shape index (κ1) is 11.4. The molecule has 5 heteroatoms. The molecule has 0 unspecified atom stereocenters. The average Bonchev–Trinajstić information content (AvgIpc) is 2.50. The van der Waals surface area contributed by atoms with Crippen molar-refractivity contribution in [2.24, 2.45) is 11.8 Å². The number of carbonyl (C=O) groups is 1. The molecule has 0 aromatic heterocycles. The highest BCUT2D eigenvalue weighted by Gasteiger charge is 2.51. The fourth-order valence-corrected chi connectivity index (χ4v) is 2.72. The predicted octanol–water partition coefficient (Wildman–Crippen LogP) is -0.180. The van der Waals surface area contributed by atoms with E-state index in [1.807, 2.05) is 0 Å². The van der Waals surface area contributed by atoms with Crippen molar-refractivity contribution in [2.45, 2.75) is 31.7 Å². The molecule has 0 aromatic carbocycles. The summed E-state index contributed by atoms with van der Waals surface area (Å²) in [5.41, 5.74) is 0.404. The minimum Gasteiger partial charge on any atom is -0.504 e. The molecule has 2 rings (SSSR count). The zero-order valence-electron chi connectivity index (χ0n) is 9.29. The topological polar surface area (TPSA) is 76.0 Å². The van der Waals surface area contributed by atoms with Crippen LogP contribution in [0.4, 0.5) is 0 Å². The Morgan fingerprint density at radius 2 is 2.19 bits per heavy atom. The Hall–Kier alpha value is -1.07. The Labute approximate surface area is 93.7 Å². The molecule has 5 atom stereocenters. The van der Waals surface area contributed by atoms with E-state index in [0.29, 0.717) is 12.0 Å². The summed E-state index contributed by atoms with van der Waals surface area (Å²) < 4.78 is 9.97. The maximum atomic E-state index is 11.6. The molecule has 5 nitrogen and oxygen atoms in total. The number of rotatable bonds is 1. The number of aliphatic hydroxyl groups excluding tert-OH is 2. The Morgan fingerprint density at radius 3 is 2.81 bits per heavy atom. The summed E-state index contributed by atoms with van der Waals surface area (Å²) in [6.45, 7) is 1.74. The highest BCUT2D eigenvalue weighted by molar-refractivity contribution is 5.90. The van der Waals surface area contributed by atoms with Crippen molar-refractivity contribution in [3.8, 4) is 0 Å². The molecular weight excluding hydrogens is 212 g/mol. The van der Waals surface area contributed by atoms with E-state index >= 15 is 0 Å². The van der Waals surface area contributed by atoms with Gasteiger partial charge in [-0.3, -0.25) is 0 Å². The van der Waals surface area contributed by atoms with Crippen LogP contribution in [0.5, 0.6) is 0 Å². The van der Waals surface area contributed by atoms with Gasteiger partial charge in [-0.25, -0.2) is 4.79 Å². The first-order chi connectivity index (χ1) is 7.56. The van der Waals surface area contributed by atoms with Crippen molar-refractivity contribution < 1.29 is 24.5 Å². The van der Waals surface area contributed by atoms with Gasteiger partial charge in [0.25, 0.3) is 0 Å². The van der Waals surface area contributed by atoms with Gasteiger partial charge >= 0.3 is 5.97 Å². The fourth-order valence-electron chi connectivity index (χ4n) is 2.72. The first-order valence-electron chi connectivity index (χ1n) is 5.36. The van der Waals surface area contributed by atoms with E-state index in [0.717, 1.165) is 0 Å². The maximum Gasteiger partial charge on any atom is 0.337 e. The van der Waals surface area contributed by atoms with Crippen LogP contribution in [0.25, 0.3) is 0 Å². The van der Waals surface area contributed by atoms with Crippen LogP contribution >= 0.6 is 0 Å². The molecule has 0 radical (unpaired) electrons. The lowest BCUT2D eigenvalue weighted by Crippen LogP contribution is -2.42. The lowest BCUT2D eigenvalue weighted by atomic mass is 9.82. The van der Waals surface area contributed by atoms with E-state index in [1.54, 1.807) is 6.92 Å².